The van der Waals surface area contributed by atoms with Gasteiger partial charge in [-0.3, -0.25) is 0 Å². The first-order chi connectivity index (χ1) is 6.34. The van der Waals surface area contributed by atoms with Crippen molar-refractivity contribution in [3.05, 3.63) is 17.5 Å². The van der Waals surface area contributed by atoms with Gasteiger partial charge in [0.2, 0.25) is 5.88 Å². The van der Waals surface area contributed by atoms with Crippen LogP contribution in [0.4, 0.5) is 0 Å². The Hall–Kier alpha value is -0.870. The van der Waals surface area contributed by atoms with Crippen molar-refractivity contribution in [2.24, 2.45) is 0 Å². The summed E-state index contributed by atoms with van der Waals surface area (Å²) < 4.78 is 5.29. The molecule has 13 heavy (non-hydrogen) atoms. The van der Waals surface area contributed by atoms with E-state index >= 15 is 0 Å². The molecule has 1 aromatic heterocycles. The number of nitrogens with one attached hydrogen (secondary N) is 1. The molecule has 5 heteroatoms. The molecule has 0 aromatic carbocycles. The van der Waals surface area contributed by atoms with Crippen LogP contribution in [0, 0.1) is 0 Å². The quantitative estimate of drug-likeness (QED) is 0.726. The molecule has 0 bridgehead atoms. The largest absolute Gasteiger partial charge is 0.475 e. The molecule has 0 spiro atoms. The summed E-state index contributed by atoms with van der Waals surface area (Å²) in [6.45, 7) is 4.32. The van der Waals surface area contributed by atoms with Gasteiger partial charge in [0.25, 0.3) is 0 Å². The number of rotatable bonds is 5. The molecule has 1 rings (SSSR count). The second kappa shape index (κ2) is 5.72. The smallest absolute Gasteiger partial charge is 0.235 e. The molecule has 4 nitrogen and oxygen atoms in total. The van der Waals surface area contributed by atoms with Crippen LogP contribution in [-0.2, 0) is 0 Å². The highest BCUT2D eigenvalue weighted by molar-refractivity contribution is 6.31. The van der Waals surface area contributed by atoms with Gasteiger partial charge in [0.05, 0.1) is 6.20 Å². The molecule has 0 saturated carbocycles. The number of aromatic nitrogens is 2. The summed E-state index contributed by atoms with van der Waals surface area (Å²) in [5, 5.41) is 3.57. The summed E-state index contributed by atoms with van der Waals surface area (Å²) >= 11 is 5.77. The summed E-state index contributed by atoms with van der Waals surface area (Å²) in [4.78, 5) is 7.63. The van der Waals surface area contributed by atoms with Gasteiger partial charge in [-0.2, -0.15) is 0 Å². The van der Waals surface area contributed by atoms with Crippen molar-refractivity contribution in [2.75, 3.05) is 19.7 Å². The van der Waals surface area contributed by atoms with E-state index in [1.807, 2.05) is 6.92 Å². The Morgan fingerprint density at radius 3 is 3.15 bits per heavy atom. The van der Waals surface area contributed by atoms with Gasteiger partial charge in [-0.1, -0.05) is 18.5 Å². The first-order valence-corrected chi connectivity index (χ1v) is 4.51. The summed E-state index contributed by atoms with van der Waals surface area (Å²) in [5.41, 5.74) is 0. The van der Waals surface area contributed by atoms with Crippen LogP contribution in [0.5, 0.6) is 5.88 Å². The minimum Gasteiger partial charge on any atom is -0.475 e. The first-order valence-electron chi connectivity index (χ1n) is 4.13. The van der Waals surface area contributed by atoms with Crippen molar-refractivity contribution in [3.63, 3.8) is 0 Å². The van der Waals surface area contributed by atoms with E-state index in [1.54, 1.807) is 0 Å². The van der Waals surface area contributed by atoms with Crippen molar-refractivity contribution in [3.8, 4) is 5.88 Å². The fourth-order valence-corrected chi connectivity index (χ4v) is 0.964. The molecule has 0 radical (unpaired) electrons. The predicted molar refractivity (Wildman–Crippen MR) is 51.1 cm³/mol. The third-order valence-corrected chi connectivity index (χ3v) is 1.66. The topological polar surface area (TPSA) is 47.0 Å². The third-order valence-electron chi connectivity index (χ3n) is 1.40. The van der Waals surface area contributed by atoms with Crippen LogP contribution in [0.3, 0.4) is 0 Å². The molecule has 0 aliphatic carbocycles. The van der Waals surface area contributed by atoms with E-state index in [0.717, 1.165) is 13.1 Å². The number of hydrogen-bond donors (Lipinski definition) is 1. The lowest BCUT2D eigenvalue weighted by molar-refractivity contribution is 0.303. The van der Waals surface area contributed by atoms with E-state index in [-0.39, 0.29) is 0 Å². The number of ether oxygens (including phenoxy) is 1. The summed E-state index contributed by atoms with van der Waals surface area (Å²) in [6, 6.07) is 0. The molecule has 1 aromatic rings. The maximum absolute atomic E-state index is 5.77. The van der Waals surface area contributed by atoms with Crippen LogP contribution in [-0.4, -0.2) is 29.7 Å². The highest BCUT2D eigenvalue weighted by Gasteiger charge is 2.00. The molecule has 0 saturated heterocycles. The van der Waals surface area contributed by atoms with Crippen molar-refractivity contribution in [1.82, 2.24) is 15.3 Å². The van der Waals surface area contributed by atoms with Gasteiger partial charge in [-0.05, 0) is 6.54 Å². The van der Waals surface area contributed by atoms with E-state index in [2.05, 4.69) is 15.3 Å². The summed E-state index contributed by atoms with van der Waals surface area (Å²) in [5.74, 6) is 0.439. The van der Waals surface area contributed by atoms with E-state index in [9.17, 15) is 0 Å². The molecule has 0 fully saturated rings. The SMILES string of the molecule is CCNCCOc1ncncc1Cl. The first kappa shape index (κ1) is 10.2. The average molecular weight is 202 g/mol. The standard InChI is InChI=1S/C8H12ClN3O/c1-2-10-3-4-13-8-7(9)5-11-6-12-8/h5-6,10H,2-4H2,1H3. The lowest BCUT2D eigenvalue weighted by atomic mass is 10.6. The second-order valence-electron chi connectivity index (χ2n) is 2.38. The lowest BCUT2D eigenvalue weighted by Gasteiger charge is -2.05. The van der Waals surface area contributed by atoms with Crippen molar-refractivity contribution < 1.29 is 4.74 Å². The minimum absolute atomic E-state index is 0.439. The maximum atomic E-state index is 5.77. The zero-order valence-electron chi connectivity index (χ0n) is 7.46. The molecule has 0 aliphatic rings. The Kier molecular flexibility index (Phi) is 4.49. The fraction of sp³-hybridized carbons (Fsp3) is 0.500. The Balaban J connectivity index is 2.32. The number of nitrogens with zero attached hydrogens (tertiary/aromatic N) is 2. The summed E-state index contributed by atoms with van der Waals surface area (Å²) in [6.07, 6.45) is 2.92. The van der Waals surface area contributed by atoms with Gasteiger partial charge in [-0.15, -0.1) is 0 Å². The van der Waals surface area contributed by atoms with Crippen molar-refractivity contribution in [2.45, 2.75) is 6.92 Å². The molecular formula is C8H12ClN3O. The second-order valence-corrected chi connectivity index (χ2v) is 2.79. The van der Waals surface area contributed by atoms with E-state index in [0.29, 0.717) is 17.5 Å². The van der Waals surface area contributed by atoms with E-state index in [1.165, 1.54) is 12.5 Å². The highest BCUT2D eigenvalue weighted by atomic mass is 35.5. The third kappa shape index (κ3) is 3.57. The molecule has 72 valence electrons. The molecule has 0 unspecified atom stereocenters. The zero-order chi connectivity index (χ0) is 9.52. The van der Waals surface area contributed by atoms with Gasteiger partial charge in [0, 0.05) is 6.54 Å². The summed E-state index contributed by atoms with van der Waals surface area (Å²) in [7, 11) is 0. The molecule has 0 aliphatic heterocycles. The van der Waals surface area contributed by atoms with E-state index in [4.69, 9.17) is 16.3 Å². The lowest BCUT2D eigenvalue weighted by Crippen LogP contribution is -2.20. The predicted octanol–water partition coefficient (Wildman–Crippen LogP) is 1.12. The molecular weight excluding hydrogens is 190 g/mol. The van der Waals surface area contributed by atoms with Crippen LogP contribution >= 0.6 is 11.6 Å². The molecule has 0 amide bonds. The Morgan fingerprint density at radius 1 is 1.62 bits per heavy atom. The van der Waals surface area contributed by atoms with Gasteiger partial charge in [-0.25, -0.2) is 9.97 Å². The van der Waals surface area contributed by atoms with Crippen molar-refractivity contribution >= 4 is 11.6 Å². The maximum Gasteiger partial charge on any atom is 0.235 e. The van der Waals surface area contributed by atoms with Crippen LogP contribution in [0.2, 0.25) is 5.02 Å². The number of halogens is 1. The van der Waals surface area contributed by atoms with E-state index < -0.39 is 0 Å². The van der Waals surface area contributed by atoms with Crippen LogP contribution in [0.15, 0.2) is 12.5 Å². The average Bonchev–Trinajstić information content (AvgIpc) is 2.15. The molecule has 0 atom stereocenters. The van der Waals surface area contributed by atoms with Crippen LogP contribution in [0.25, 0.3) is 0 Å². The van der Waals surface area contributed by atoms with Gasteiger partial charge < -0.3 is 10.1 Å². The van der Waals surface area contributed by atoms with Gasteiger partial charge >= 0.3 is 0 Å². The zero-order valence-corrected chi connectivity index (χ0v) is 8.21. The highest BCUT2D eigenvalue weighted by Crippen LogP contribution is 2.18. The van der Waals surface area contributed by atoms with Crippen molar-refractivity contribution in [1.29, 1.82) is 0 Å². The Morgan fingerprint density at radius 2 is 2.46 bits per heavy atom. The Bertz CT molecular complexity index is 257. The number of hydrogen-bond acceptors (Lipinski definition) is 4. The normalized spacial score (nSPS) is 10.0. The Labute approximate surface area is 82.3 Å². The van der Waals surface area contributed by atoms with Crippen LogP contribution in [0.1, 0.15) is 6.92 Å². The van der Waals surface area contributed by atoms with Gasteiger partial charge in [0.15, 0.2) is 0 Å². The van der Waals surface area contributed by atoms with Crippen LogP contribution < -0.4 is 10.1 Å². The monoisotopic (exact) mass is 201 g/mol. The van der Waals surface area contributed by atoms with Gasteiger partial charge in [0.1, 0.15) is 18.0 Å². The molecule has 1 N–H and O–H groups in total. The fourth-order valence-electron chi connectivity index (χ4n) is 0.804. The molecule has 1 heterocycles. The minimum atomic E-state index is 0.439. The number of likely N-dealkylation sites (N-methyl/N-ethyl adjacent to an activating group) is 1.